The van der Waals surface area contributed by atoms with E-state index in [1.807, 2.05) is 0 Å². The number of carbonyl (C=O) groups is 1. The summed E-state index contributed by atoms with van der Waals surface area (Å²) in [5.74, 6) is -0.362. The molecule has 1 aromatic carbocycles. The van der Waals surface area contributed by atoms with E-state index in [0.29, 0.717) is 12.1 Å². The van der Waals surface area contributed by atoms with Crippen LogP contribution in [0.25, 0.3) is 0 Å². The fraction of sp³-hybridized carbons (Fsp3) is 0.500. The van der Waals surface area contributed by atoms with E-state index in [0.717, 1.165) is 37.1 Å². The van der Waals surface area contributed by atoms with E-state index in [1.165, 1.54) is 6.07 Å². The van der Waals surface area contributed by atoms with Crippen molar-refractivity contribution in [1.82, 2.24) is 15.5 Å². The summed E-state index contributed by atoms with van der Waals surface area (Å²) in [5, 5.41) is 6.07. The van der Waals surface area contributed by atoms with Crippen LogP contribution >= 0.6 is 15.9 Å². The van der Waals surface area contributed by atoms with Crippen LogP contribution in [-0.2, 0) is 11.3 Å². The molecule has 6 heteroatoms. The van der Waals surface area contributed by atoms with Crippen LogP contribution in [0.15, 0.2) is 22.7 Å². The lowest BCUT2D eigenvalue weighted by molar-refractivity contribution is -0.122. The van der Waals surface area contributed by atoms with Crippen molar-refractivity contribution in [3.05, 3.63) is 34.1 Å². The van der Waals surface area contributed by atoms with Crippen LogP contribution < -0.4 is 10.6 Å². The molecule has 4 nitrogen and oxygen atoms in total. The standard InChI is InChI=1S/C14H19BrFN3O/c15-12-2-3-13(16)11(8-12)9-18-14(20)10-19-6-1-4-17-5-7-19/h2-3,8,17H,1,4-7,9-10H2,(H,18,20). The van der Waals surface area contributed by atoms with Gasteiger partial charge in [-0.15, -0.1) is 0 Å². The van der Waals surface area contributed by atoms with Gasteiger partial charge in [-0.25, -0.2) is 4.39 Å². The second-order valence-corrected chi connectivity index (χ2v) is 5.81. The summed E-state index contributed by atoms with van der Waals surface area (Å²) in [6, 6.07) is 4.72. The maximum atomic E-state index is 13.5. The Balaban J connectivity index is 1.81. The molecule has 0 radical (unpaired) electrons. The van der Waals surface area contributed by atoms with Gasteiger partial charge < -0.3 is 10.6 Å². The van der Waals surface area contributed by atoms with E-state index in [9.17, 15) is 9.18 Å². The average Bonchev–Trinajstić information content (AvgIpc) is 2.68. The topological polar surface area (TPSA) is 44.4 Å². The second kappa shape index (κ2) is 7.71. The molecule has 2 rings (SSSR count). The van der Waals surface area contributed by atoms with Gasteiger partial charge >= 0.3 is 0 Å². The molecule has 0 atom stereocenters. The molecule has 0 spiro atoms. The lowest BCUT2D eigenvalue weighted by atomic mass is 10.2. The minimum absolute atomic E-state index is 0.0636. The summed E-state index contributed by atoms with van der Waals surface area (Å²) >= 11 is 3.30. The van der Waals surface area contributed by atoms with E-state index in [-0.39, 0.29) is 18.3 Å². The molecule has 1 fully saturated rings. The highest BCUT2D eigenvalue weighted by atomic mass is 79.9. The first kappa shape index (κ1) is 15.4. The Hall–Kier alpha value is -0.980. The maximum Gasteiger partial charge on any atom is 0.234 e. The van der Waals surface area contributed by atoms with E-state index < -0.39 is 0 Å². The zero-order chi connectivity index (χ0) is 14.4. The summed E-state index contributed by atoms with van der Waals surface area (Å²) in [4.78, 5) is 14.0. The molecule has 1 heterocycles. The number of hydrogen-bond donors (Lipinski definition) is 2. The van der Waals surface area contributed by atoms with E-state index in [4.69, 9.17) is 0 Å². The van der Waals surface area contributed by atoms with Gasteiger partial charge in [0.15, 0.2) is 0 Å². The van der Waals surface area contributed by atoms with E-state index >= 15 is 0 Å². The normalized spacial score (nSPS) is 16.7. The van der Waals surface area contributed by atoms with Crippen LogP contribution in [0.2, 0.25) is 0 Å². The number of nitrogens with one attached hydrogen (secondary N) is 2. The molecule has 1 saturated heterocycles. The number of benzene rings is 1. The van der Waals surface area contributed by atoms with Crippen molar-refractivity contribution in [1.29, 1.82) is 0 Å². The molecule has 1 aromatic rings. The number of amides is 1. The summed E-state index contributed by atoms with van der Waals surface area (Å²) in [6.45, 7) is 4.30. The summed E-state index contributed by atoms with van der Waals surface area (Å²) in [7, 11) is 0. The van der Waals surface area contributed by atoms with Crippen molar-refractivity contribution in [3.8, 4) is 0 Å². The second-order valence-electron chi connectivity index (χ2n) is 4.89. The monoisotopic (exact) mass is 343 g/mol. The first-order valence-corrected chi connectivity index (χ1v) is 7.58. The summed E-state index contributed by atoms with van der Waals surface area (Å²) in [5.41, 5.74) is 0.491. The van der Waals surface area contributed by atoms with Crippen LogP contribution in [0, 0.1) is 5.82 Å². The third kappa shape index (κ3) is 4.85. The Bertz CT molecular complexity index is 462. The molecule has 1 amide bonds. The Kier molecular flexibility index (Phi) is 5.94. The van der Waals surface area contributed by atoms with Crippen molar-refractivity contribution >= 4 is 21.8 Å². The molecule has 110 valence electrons. The Labute approximate surface area is 126 Å². The van der Waals surface area contributed by atoms with Gasteiger partial charge in [-0.3, -0.25) is 9.69 Å². The van der Waals surface area contributed by atoms with E-state index in [2.05, 4.69) is 31.5 Å². The van der Waals surface area contributed by atoms with Crippen molar-refractivity contribution < 1.29 is 9.18 Å². The van der Waals surface area contributed by atoms with Crippen molar-refractivity contribution in [3.63, 3.8) is 0 Å². The molecule has 20 heavy (non-hydrogen) atoms. The van der Waals surface area contributed by atoms with Gasteiger partial charge in [-0.2, -0.15) is 0 Å². The summed E-state index contributed by atoms with van der Waals surface area (Å²) in [6.07, 6.45) is 1.05. The van der Waals surface area contributed by atoms with Gasteiger partial charge in [-0.05, 0) is 37.7 Å². The fourth-order valence-electron chi connectivity index (χ4n) is 2.19. The smallest absolute Gasteiger partial charge is 0.234 e. The zero-order valence-corrected chi connectivity index (χ0v) is 12.9. The quantitative estimate of drug-likeness (QED) is 0.870. The largest absolute Gasteiger partial charge is 0.351 e. The minimum atomic E-state index is -0.299. The molecule has 0 saturated carbocycles. The maximum absolute atomic E-state index is 13.5. The van der Waals surface area contributed by atoms with Crippen molar-refractivity contribution in [2.45, 2.75) is 13.0 Å². The van der Waals surface area contributed by atoms with Gasteiger partial charge in [-0.1, -0.05) is 15.9 Å². The third-order valence-corrected chi connectivity index (χ3v) is 3.78. The van der Waals surface area contributed by atoms with Gasteiger partial charge in [0.1, 0.15) is 5.82 Å². The number of rotatable bonds is 4. The number of halogens is 2. The highest BCUT2D eigenvalue weighted by Gasteiger charge is 2.13. The lowest BCUT2D eigenvalue weighted by Crippen LogP contribution is -2.38. The Morgan fingerprint density at radius 2 is 2.25 bits per heavy atom. The van der Waals surface area contributed by atoms with Crippen LogP contribution in [0.5, 0.6) is 0 Å². The molecule has 0 aromatic heterocycles. The highest BCUT2D eigenvalue weighted by Crippen LogP contribution is 2.15. The first-order chi connectivity index (χ1) is 9.65. The predicted octanol–water partition coefficient (Wildman–Crippen LogP) is 1.50. The molecule has 0 aliphatic carbocycles. The fourth-order valence-corrected chi connectivity index (χ4v) is 2.60. The highest BCUT2D eigenvalue weighted by molar-refractivity contribution is 9.10. The number of hydrogen-bond acceptors (Lipinski definition) is 3. The summed E-state index contributed by atoms with van der Waals surface area (Å²) < 4.78 is 14.3. The van der Waals surface area contributed by atoms with Gasteiger partial charge in [0, 0.05) is 29.7 Å². The van der Waals surface area contributed by atoms with Crippen LogP contribution in [-0.4, -0.2) is 43.5 Å². The first-order valence-electron chi connectivity index (χ1n) is 6.79. The Morgan fingerprint density at radius 1 is 1.40 bits per heavy atom. The van der Waals surface area contributed by atoms with Crippen molar-refractivity contribution in [2.24, 2.45) is 0 Å². The molecule has 1 aliphatic rings. The Morgan fingerprint density at radius 3 is 3.10 bits per heavy atom. The predicted molar refractivity (Wildman–Crippen MR) is 79.9 cm³/mol. The van der Waals surface area contributed by atoms with Crippen LogP contribution in [0.4, 0.5) is 4.39 Å². The van der Waals surface area contributed by atoms with Gasteiger partial charge in [0.2, 0.25) is 5.91 Å². The number of nitrogens with zero attached hydrogens (tertiary/aromatic N) is 1. The van der Waals surface area contributed by atoms with Crippen LogP contribution in [0.1, 0.15) is 12.0 Å². The lowest BCUT2D eigenvalue weighted by Gasteiger charge is -2.18. The molecular weight excluding hydrogens is 325 g/mol. The SMILES string of the molecule is O=C(CN1CCCNCC1)NCc1cc(Br)ccc1F. The third-order valence-electron chi connectivity index (χ3n) is 3.28. The average molecular weight is 344 g/mol. The molecule has 2 N–H and O–H groups in total. The number of carbonyl (C=O) groups excluding carboxylic acids is 1. The van der Waals surface area contributed by atoms with E-state index in [1.54, 1.807) is 12.1 Å². The van der Waals surface area contributed by atoms with Crippen molar-refractivity contribution in [2.75, 3.05) is 32.7 Å². The molecule has 0 unspecified atom stereocenters. The molecular formula is C14H19BrFN3O. The van der Waals surface area contributed by atoms with Crippen LogP contribution in [0.3, 0.4) is 0 Å². The molecule has 1 aliphatic heterocycles. The van der Waals surface area contributed by atoms with Gasteiger partial charge in [0.25, 0.3) is 0 Å². The minimum Gasteiger partial charge on any atom is -0.351 e. The zero-order valence-electron chi connectivity index (χ0n) is 11.3. The van der Waals surface area contributed by atoms with Gasteiger partial charge in [0.05, 0.1) is 6.54 Å². The molecule has 0 bridgehead atoms.